The van der Waals surface area contributed by atoms with Gasteiger partial charge in [-0.05, 0) is 0 Å². The monoisotopic (exact) mass is 222 g/mol. The topological polar surface area (TPSA) is 130 Å². The number of anilines is 1. The van der Waals surface area contributed by atoms with Crippen molar-refractivity contribution >= 4 is 23.1 Å². The highest BCUT2D eigenvalue weighted by molar-refractivity contribution is 5.71. The molecule has 84 valence electrons. The van der Waals surface area contributed by atoms with Crippen LogP contribution in [0.5, 0.6) is 0 Å². The van der Waals surface area contributed by atoms with Crippen LogP contribution in [0.25, 0.3) is 11.2 Å². The van der Waals surface area contributed by atoms with Crippen molar-refractivity contribution in [2.24, 2.45) is 0 Å². The van der Waals surface area contributed by atoms with Crippen LogP contribution in [0.3, 0.4) is 0 Å². The average molecular weight is 222 g/mol. The van der Waals surface area contributed by atoms with E-state index in [1.54, 1.807) is 0 Å². The second-order valence-corrected chi connectivity index (χ2v) is 3.18. The highest BCUT2D eigenvalue weighted by Crippen LogP contribution is 2.06. The van der Waals surface area contributed by atoms with Crippen LogP contribution in [0.15, 0.2) is 11.1 Å². The maximum atomic E-state index is 11.4. The van der Waals surface area contributed by atoms with Crippen LogP contribution in [0, 0.1) is 0 Å². The van der Waals surface area contributed by atoms with Crippen molar-refractivity contribution in [3.8, 4) is 0 Å². The lowest BCUT2D eigenvalue weighted by Crippen LogP contribution is -2.23. The largest absolute Gasteiger partial charge is 0.550 e. The zero-order chi connectivity index (χ0) is 11.7. The molecule has 0 aliphatic heterocycles. The number of carbonyl (C=O) groups excluding carboxylic acids is 1. The van der Waals surface area contributed by atoms with Crippen molar-refractivity contribution in [1.29, 1.82) is 0 Å². The van der Waals surface area contributed by atoms with Crippen LogP contribution in [0.2, 0.25) is 0 Å². The molecule has 0 radical (unpaired) electrons. The molecular weight excluding hydrogens is 214 g/mol. The molecule has 2 heterocycles. The van der Waals surface area contributed by atoms with E-state index in [2.05, 4.69) is 15.0 Å². The Hall–Kier alpha value is -2.38. The molecule has 16 heavy (non-hydrogen) atoms. The number of carboxylic acid groups (broad SMARTS) is 1. The van der Waals surface area contributed by atoms with Crippen molar-refractivity contribution in [2.75, 3.05) is 5.73 Å². The highest BCUT2D eigenvalue weighted by Gasteiger charge is 2.08. The van der Waals surface area contributed by atoms with Gasteiger partial charge in [-0.25, -0.2) is 4.98 Å². The number of aryl methyl sites for hydroxylation is 1. The first-order valence-corrected chi connectivity index (χ1v) is 4.48. The molecule has 3 N–H and O–H groups in total. The molecule has 0 saturated heterocycles. The summed E-state index contributed by atoms with van der Waals surface area (Å²) in [6, 6.07) is 0. The second-order valence-electron chi connectivity index (χ2n) is 3.18. The summed E-state index contributed by atoms with van der Waals surface area (Å²) in [6.45, 7) is 0.134. The Morgan fingerprint density at radius 1 is 1.62 bits per heavy atom. The van der Waals surface area contributed by atoms with Gasteiger partial charge in [0.25, 0.3) is 5.56 Å². The fraction of sp³-hybridized carbons (Fsp3) is 0.250. The minimum Gasteiger partial charge on any atom is -0.550 e. The summed E-state index contributed by atoms with van der Waals surface area (Å²) in [7, 11) is 0. The third-order valence-corrected chi connectivity index (χ3v) is 2.05. The SMILES string of the molecule is Nc1nc2c(ncn2CCC(=O)[O-])c(=O)[nH]1. The highest BCUT2D eigenvalue weighted by atomic mass is 16.4. The number of carbonyl (C=O) groups is 1. The van der Waals surface area contributed by atoms with Crippen molar-refractivity contribution in [3.05, 3.63) is 16.7 Å². The fourth-order valence-corrected chi connectivity index (χ4v) is 1.35. The molecule has 0 aliphatic rings. The third-order valence-electron chi connectivity index (χ3n) is 2.05. The van der Waals surface area contributed by atoms with E-state index >= 15 is 0 Å². The van der Waals surface area contributed by atoms with Crippen molar-refractivity contribution in [3.63, 3.8) is 0 Å². The summed E-state index contributed by atoms with van der Waals surface area (Å²) < 4.78 is 1.44. The van der Waals surface area contributed by atoms with Gasteiger partial charge in [0.2, 0.25) is 5.95 Å². The second kappa shape index (κ2) is 3.65. The van der Waals surface area contributed by atoms with E-state index in [1.807, 2.05) is 0 Å². The molecule has 0 unspecified atom stereocenters. The number of aromatic amines is 1. The summed E-state index contributed by atoms with van der Waals surface area (Å²) in [5.74, 6) is -1.22. The maximum Gasteiger partial charge on any atom is 0.280 e. The number of carboxylic acids is 1. The molecule has 0 amide bonds. The van der Waals surface area contributed by atoms with E-state index in [4.69, 9.17) is 5.73 Å². The normalized spacial score (nSPS) is 10.8. The molecule has 8 heteroatoms. The van der Waals surface area contributed by atoms with Gasteiger partial charge in [0.1, 0.15) is 0 Å². The standard InChI is InChI=1S/C8H9N5O3/c9-8-11-6-5(7(16)12-8)10-3-13(6)2-1-4(14)15/h3H,1-2H2,(H,14,15)(H3,9,11,12,16)/p-1. The third kappa shape index (κ3) is 1.72. The summed E-state index contributed by atoms with van der Waals surface area (Å²) in [5.41, 5.74) is 5.32. The van der Waals surface area contributed by atoms with Gasteiger partial charge >= 0.3 is 0 Å². The number of nitrogens with zero attached hydrogens (tertiary/aromatic N) is 3. The lowest BCUT2D eigenvalue weighted by atomic mass is 10.4. The Bertz CT molecular complexity index is 599. The summed E-state index contributed by atoms with van der Waals surface area (Å²) in [5, 5.41) is 10.3. The number of nitrogens with two attached hydrogens (primary N) is 1. The number of aliphatic carboxylic acids is 1. The summed E-state index contributed by atoms with van der Waals surface area (Å²) in [6.07, 6.45) is 1.16. The molecule has 0 aliphatic carbocycles. The fourth-order valence-electron chi connectivity index (χ4n) is 1.35. The van der Waals surface area contributed by atoms with Crippen molar-refractivity contribution < 1.29 is 9.90 Å². The number of nitrogens with one attached hydrogen (secondary N) is 1. The first-order chi connectivity index (χ1) is 7.58. The van der Waals surface area contributed by atoms with Gasteiger partial charge in [0.05, 0.1) is 6.33 Å². The Morgan fingerprint density at radius 2 is 2.38 bits per heavy atom. The molecule has 0 atom stereocenters. The number of H-pyrrole nitrogens is 1. The van der Waals surface area contributed by atoms with Crippen LogP contribution < -0.4 is 16.4 Å². The van der Waals surface area contributed by atoms with E-state index in [1.165, 1.54) is 10.9 Å². The number of imidazole rings is 1. The van der Waals surface area contributed by atoms with Crippen molar-refractivity contribution in [1.82, 2.24) is 19.5 Å². The van der Waals surface area contributed by atoms with E-state index in [9.17, 15) is 14.7 Å². The Kier molecular flexibility index (Phi) is 2.31. The average Bonchev–Trinajstić information content (AvgIpc) is 2.58. The molecule has 0 spiro atoms. The first kappa shape index (κ1) is 10.1. The van der Waals surface area contributed by atoms with Gasteiger partial charge in [-0.3, -0.25) is 9.78 Å². The Balaban J connectivity index is 2.47. The molecule has 8 nitrogen and oxygen atoms in total. The van der Waals surface area contributed by atoms with Gasteiger partial charge in [0, 0.05) is 18.9 Å². The minimum absolute atomic E-state index is 0.0345. The Morgan fingerprint density at radius 3 is 3.06 bits per heavy atom. The van der Waals surface area contributed by atoms with Crippen LogP contribution in [0.4, 0.5) is 5.95 Å². The summed E-state index contributed by atoms with van der Waals surface area (Å²) >= 11 is 0. The molecule has 0 bridgehead atoms. The van der Waals surface area contributed by atoms with E-state index in [-0.39, 0.29) is 30.1 Å². The van der Waals surface area contributed by atoms with Gasteiger partial charge < -0.3 is 20.2 Å². The number of aromatic nitrogens is 4. The van der Waals surface area contributed by atoms with Gasteiger partial charge in [-0.1, -0.05) is 0 Å². The lowest BCUT2D eigenvalue weighted by Gasteiger charge is -2.03. The molecule has 0 saturated carbocycles. The zero-order valence-electron chi connectivity index (χ0n) is 8.14. The smallest absolute Gasteiger partial charge is 0.280 e. The number of nitrogen functional groups attached to an aromatic ring is 1. The predicted molar refractivity (Wildman–Crippen MR) is 52.2 cm³/mol. The maximum absolute atomic E-state index is 11.4. The number of fused-ring (bicyclic) bond motifs is 1. The first-order valence-electron chi connectivity index (χ1n) is 4.48. The molecule has 2 aromatic heterocycles. The van der Waals surface area contributed by atoms with Crippen LogP contribution in [-0.2, 0) is 11.3 Å². The van der Waals surface area contributed by atoms with Gasteiger partial charge in [-0.2, -0.15) is 4.98 Å². The van der Waals surface area contributed by atoms with E-state index in [0.29, 0.717) is 0 Å². The van der Waals surface area contributed by atoms with Crippen molar-refractivity contribution in [2.45, 2.75) is 13.0 Å². The summed E-state index contributed by atoms with van der Waals surface area (Å²) in [4.78, 5) is 31.7. The van der Waals surface area contributed by atoms with Crippen LogP contribution in [0.1, 0.15) is 6.42 Å². The Labute approximate surface area is 88.7 Å². The lowest BCUT2D eigenvalue weighted by molar-refractivity contribution is -0.305. The van der Waals surface area contributed by atoms with Crippen LogP contribution in [-0.4, -0.2) is 25.5 Å². The molecule has 2 aromatic rings. The predicted octanol–water partition coefficient (Wildman–Crippen LogP) is -2.16. The van der Waals surface area contributed by atoms with Gasteiger partial charge in [0.15, 0.2) is 11.2 Å². The quantitative estimate of drug-likeness (QED) is 0.608. The van der Waals surface area contributed by atoms with Crippen LogP contribution >= 0.6 is 0 Å². The number of rotatable bonds is 3. The number of hydrogen-bond donors (Lipinski definition) is 2. The minimum atomic E-state index is -1.18. The molecule has 0 fully saturated rings. The number of hydrogen-bond acceptors (Lipinski definition) is 6. The molecule has 2 rings (SSSR count). The molecular formula is C8H8N5O3-. The zero-order valence-corrected chi connectivity index (χ0v) is 8.14. The van der Waals surface area contributed by atoms with Gasteiger partial charge in [-0.15, -0.1) is 0 Å². The molecule has 0 aromatic carbocycles. The van der Waals surface area contributed by atoms with E-state index in [0.717, 1.165) is 0 Å². The van der Waals surface area contributed by atoms with E-state index < -0.39 is 11.5 Å².